The van der Waals surface area contributed by atoms with Crippen molar-refractivity contribution in [2.45, 2.75) is 11.9 Å². The molecule has 0 saturated carbocycles. The van der Waals surface area contributed by atoms with E-state index in [4.69, 9.17) is 4.74 Å². The van der Waals surface area contributed by atoms with Crippen LogP contribution >= 0.6 is 0 Å². The van der Waals surface area contributed by atoms with Crippen LogP contribution in [-0.4, -0.2) is 30.2 Å². The number of hydrogen-bond acceptors (Lipinski definition) is 5. The molecule has 1 aromatic heterocycles. The summed E-state index contributed by atoms with van der Waals surface area (Å²) in [4.78, 5) is 3.95. The number of aryl methyl sites for hydroxylation is 2. The number of methoxy groups -OCH3 is 1. The molecule has 2 rings (SSSR count). The highest BCUT2D eigenvalue weighted by molar-refractivity contribution is 7.92. The number of anilines is 1. The number of nitrogens with one attached hydrogen (secondary N) is 1. The van der Waals surface area contributed by atoms with Crippen LogP contribution in [0.5, 0.6) is 11.5 Å². The Morgan fingerprint density at radius 3 is 2.65 bits per heavy atom. The average molecular weight is 297 g/mol. The lowest BCUT2D eigenvalue weighted by molar-refractivity contribution is 0.411. The second-order valence-corrected chi connectivity index (χ2v) is 5.83. The smallest absolute Gasteiger partial charge is 0.281 e. The zero-order valence-corrected chi connectivity index (χ0v) is 12.1. The first kappa shape index (κ1) is 14.2. The van der Waals surface area contributed by atoms with Gasteiger partial charge >= 0.3 is 0 Å². The lowest BCUT2D eigenvalue weighted by Crippen LogP contribution is -2.14. The molecule has 0 spiro atoms. The van der Waals surface area contributed by atoms with E-state index >= 15 is 0 Å². The third-order valence-corrected chi connectivity index (χ3v) is 4.04. The van der Waals surface area contributed by atoms with Crippen LogP contribution in [0, 0.1) is 6.92 Å². The molecule has 0 aliphatic carbocycles. The molecule has 108 valence electrons. The van der Waals surface area contributed by atoms with Crippen molar-refractivity contribution in [2.75, 3.05) is 11.8 Å². The minimum Gasteiger partial charge on any atom is -0.506 e. The van der Waals surface area contributed by atoms with E-state index < -0.39 is 10.0 Å². The van der Waals surface area contributed by atoms with Crippen molar-refractivity contribution < 1.29 is 18.3 Å². The normalized spacial score (nSPS) is 11.3. The monoisotopic (exact) mass is 297 g/mol. The van der Waals surface area contributed by atoms with E-state index in [1.807, 2.05) is 0 Å². The minimum atomic E-state index is -3.89. The van der Waals surface area contributed by atoms with E-state index in [1.54, 1.807) is 30.7 Å². The van der Waals surface area contributed by atoms with Crippen LogP contribution in [0.4, 0.5) is 5.69 Å². The van der Waals surface area contributed by atoms with Crippen molar-refractivity contribution in [1.29, 1.82) is 0 Å². The van der Waals surface area contributed by atoms with Crippen molar-refractivity contribution >= 4 is 15.7 Å². The summed E-state index contributed by atoms with van der Waals surface area (Å²) >= 11 is 0. The lowest BCUT2D eigenvalue weighted by atomic mass is 10.3. The van der Waals surface area contributed by atoms with Crippen molar-refractivity contribution in [1.82, 2.24) is 9.55 Å². The molecular weight excluding hydrogens is 282 g/mol. The fraction of sp³-hybridized carbons (Fsp3) is 0.250. The van der Waals surface area contributed by atoms with Gasteiger partial charge in [-0.2, -0.15) is 8.42 Å². The standard InChI is InChI=1S/C12H15N3O4S/c1-8-13-11(7-15(8)2)20(17,18)14-12-9(16)5-4-6-10(12)19-3/h4-7,14,16H,1-3H3. The number of aromatic hydroxyl groups is 1. The second-order valence-electron chi connectivity index (χ2n) is 4.20. The predicted octanol–water partition coefficient (Wildman–Crippen LogP) is 1.24. The number of sulfonamides is 1. The van der Waals surface area contributed by atoms with E-state index in [0.29, 0.717) is 5.82 Å². The number of aromatic nitrogens is 2. The Bertz CT molecular complexity index is 718. The lowest BCUT2D eigenvalue weighted by Gasteiger charge is -2.11. The van der Waals surface area contributed by atoms with Crippen LogP contribution in [0.25, 0.3) is 0 Å². The summed E-state index contributed by atoms with van der Waals surface area (Å²) in [6, 6.07) is 4.46. The molecule has 0 atom stereocenters. The second kappa shape index (κ2) is 5.04. The molecule has 7 nitrogen and oxygen atoms in total. The predicted molar refractivity (Wildman–Crippen MR) is 73.4 cm³/mol. The van der Waals surface area contributed by atoms with Crippen molar-refractivity contribution in [3.05, 3.63) is 30.2 Å². The number of phenolic OH excluding ortho intramolecular Hbond substituents is 1. The van der Waals surface area contributed by atoms with E-state index in [9.17, 15) is 13.5 Å². The van der Waals surface area contributed by atoms with Gasteiger partial charge < -0.3 is 14.4 Å². The number of phenols is 1. The van der Waals surface area contributed by atoms with Gasteiger partial charge in [0.25, 0.3) is 10.0 Å². The van der Waals surface area contributed by atoms with Gasteiger partial charge in [-0.05, 0) is 19.1 Å². The molecule has 20 heavy (non-hydrogen) atoms. The van der Waals surface area contributed by atoms with Crippen LogP contribution in [0.2, 0.25) is 0 Å². The zero-order valence-electron chi connectivity index (χ0n) is 11.3. The Kier molecular flexibility index (Phi) is 3.58. The number of hydrogen-bond donors (Lipinski definition) is 2. The Morgan fingerprint density at radius 1 is 1.40 bits per heavy atom. The molecular formula is C12H15N3O4S. The summed E-state index contributed by atoms with van der Waals surface area (Å²) in [7, 11) is -0.809. The molecule has 8 heteroatoms. The minimum absolute atomic E-state index is 0.0155. The summed E-state index contributed by atoms with van der Waals surface area (Å²) in [5, 5.41) is 9.64. The largest absolute Gasteiger partial charge is 0.506 e. The molecule has 0 saturated heterocycles. The number of benzene rings is 1. The van der Waals surface area contributed by atoms with E-state index in [1.165, 1.54) is 19.4 Å². The number of ether oxygens (including phenoxy) is 1. The van der Waals surface area contributed by atoms with Crippen LogP contribution < -0.4 is 9.46 Å². The van der Waals surface area contributed by atoms with Crippen LogP contribution in [0.15, 0.2) is 29.4 Å². The fourth-order valence-electron chi connectivity index (χ4n) is 1.63. The van der Waals surface area contributed by atoms with Crippen molar-refractivity contribution in [3.8, 4) is 11.5 Å². The average Bonchev–Trinajstić information content (AvgIpc) is 2.73. The van der Waals surface area contributed by atoms with Gasteiger partial charge in [0.15, 0.2) is 5.03 Å². The third kappa shape index (κ3) is 2.55. The molecule has 1 heterocycles. The van der Waals surface area contributed by atoms with Crippen LogP contribution in [0.3, 0.4) is 0 Å². The van der Waals surface area contributed by atoms with Gasteiger partial charge in [0.05, 0.1) is 7.11 Å². The molecule has 0 bridgehead atoms. The highest BCUT2D eigenvalue weighted by atomic mass is 32.2. The first-order chi connectivity index (χ1) is 9.35. The summed E-state index contributed by atoms with van der Waals surface area (Å²) in [6.07, 6.45) is 1.39. The third-order valence-electron chi connectivity index (χ3n) is 2.82. The Hall–Kier alpha value is -2.22. The van der Waals surface area contributed by atoms with E-state index in [2.05, 4.69) is 9.71 Å². The first-order valence-corrected chi connectivity index (χ1v) is 7.22. The maximum absolute atomic E-state index is 12.2. The molecule has 0 radical (unpaired) electrons. The molecule has 1 aromatic carbocycles. The highest BCUT2D eigenvalue weighted by Gasteiger charge is 2.22. The van der Waals surface area contributed by atoms with Gasteiger partial charge in [0.2, 0.25) is 0 Å². The topological polar surface area (TPSA) is 93.5 Å². The summed E-state index contributed by atoms with van der Waals surface area (Å²) in [5.74, 6) is 0.566. The van der Waals surface area contributed by atoms with Crippen LogP contribution in [-0.2, 0) is 17.1 Å². The molecule has 0 aliphatic heterocycles. The number of imidazole rings is 1. The summed E-state index contributed by atoms with van der Waals surface area (Å²) in [5.41, 5.74) is -0.0155. The van der Waals surface area contributed by atoms with Gasteiger partial charge in [-0.3, -0.25) is 4.72 Å². The van der Waals surface area contributed by atoms with Gasteiger partial charge in [-0.1, -0.05) is 6.07 Å². The van der Waals surface area contributed by atoms with E-state index in [0.717, 1.165) is 0 Å². The maximum atomic E-state index is 12.2. The number of nitrogens with zero attached hydrogens (tertiary/aromatic N) is 2. The SMILES string of the molecule is COc1cccc(O)c1NS(=O)(=O)c1cn(C)c(C)n1. The fourth-order valence-corrected chi connectivity index (χ4v) is 2.76. The summed E-state index contributed by atoms with van der Waals surface area (Å²) < 4.78 is 33.4. The van der Waals surface area contributed by atoms with Gasteiger partial charge in [0, 0.05) is 13.2 Å². The molecule has 0 unspecified atom stereocenters. The Balaban J connectivity index is 2.43. The number of para-hydroxylation sites is 1. The Labute approximate surface area is 116 Å². The van der Waals surface area contributed by atoms with Crippen molar-refractivity contribution in [3.63, 3.8) is 0 Å². The maximum Gasteiger partial charge on any atom is 0.281 e. The summed E-state index contributed by atoms with van der Waals surface area (Å²) in [6.45, 7) is 1.69. The molecule has 0 aliphatic rings. The molecule has 2 aromatic rings. The first-order valence-electron chi connectivity index (χ1n) is 5.74. The van der Waals surface area contributed by atoms with Gasteiger partial charge in [-0.25, -0.2) is 4.98 Å². The quantitative estimate of drug-likeness (QED) is 0.828. The highest BCUT2D eigenvalue weighted by Crippen LogP contribution is 2.34. The Morgan fingerprint density at radius 2 is 2.10 bits per heavy atom. The molecule has 0 amide bonds. The van der Waals surface area contributed by atoms with Gasteiger partial charge in [0.1, 0.15) is 23.0 Å². The van der Waals surface area contributed by atoms with Crippen LogP contribution in [0.1, 0.15) is 5.82 Å². The van der Waals surface area contributed by atoms with Gasteiger partial charge in [-0.15, -0.1) is 0 Å². The zero-order chi connectivity index (χ0) is 14.9. The number of rotatable bonds is 4. The van der Waals surface area contributed by atoms with E-state index in [-0.39, 0.29) is 22.2 Å². The van der Waals surface area contributed by atoms with Crippen molar-refractivity contribution in [2.24, 2.45) is 7.05 Å². The molecule has 0 fully saturated rings. The molecule has 2 N–H and O–H groups in total.